The van der Waals surface area contributed by atoms with E-state index in [-0.39, 0.29) is 43.3 Å². The quantitative estimate of drug-likeness (QED) is 0.642. The van der Waals surface area contributed by atoms with Gasteiger partial charge in [-0.25, -0.2) is 4.39 Å². The van der Waals surface area contributed by atoms with Crippen molar-refractivity contribution in [2.75, 3.05) is 19.7 Å². The van der Waals surface area contributed by atoms with Gasteiger partial charge in [0.15, 0.2) is 0 Å². The van der Waals surface area contributed by atoms with E-state index in [9.17, 15) is 14.0 Å². The molecule has 1 fully saturated rings. The smallest absolute Gasteiger partial charge is 0.306 e. The normalized spacial score (nSPS) is 19.1. The van der Waals surface area contributed by atoms with Crippen LogP contribution < -0.4 is 4.74 Å². The minimum Gasteiger partial charge on any atom is -0.493 e. The number of hydrogen-bond donors (Lipinski definition) is 1. The molecule has 1 N–H and O–H groups in total. The van der Waals surface area contributed by atoms with Crippen LogP contribution in [0, 0.1) is 5.82 Å². The third-order valence-corrected chi connectivity index (χ3v) is 5.91. The van der Waals surface area contributed by atoms with Crippen LogP contribution in [-0.4, -0.2) is 58.6 Å². The van der Waals surface area contributed by atoms with Crippen LogP contribution in [0.2, 0.25) is 5.02 Å². The second-order valence-electron chi connectivity index (χ2n) is 8.22. The molecule has 0 spiro atoms. The molecule has 0 aliphatic carbocycles. The molecule has 1 heterocycles. The first kappa shape index (κ1) is 24.0. The van der Waals surface area contributed by atoms with E-state index in [1.807, 2.05) is 11.8 Å². The third kappa shape index (κ3) is 6.43. The van der Waals surface area contributed by atoms with Crippen LogP contribution in [0.25, 0.3) is 0 Å². The monoisotopic (exact) mass is 462 g/mol. The summed E-state index contributed by atoms with van der Waals surface area (Å²) in [7, 11) is 0. The highest BCUT2D eigenvalue weighted by molar-refractivity contribution is 6.30. The molecule has 2 aromatic carbocycles. The van der Waals surface area contributed by atoms with E-state index in [0.29, 0.717) is 36.0 Å². The maximum Gasteiger partial charge on any atom is 0.306 e. The number of ether oxygens (including phenoxy) is 1. The number of carboxylic acid groups (broad SMARTS) is 1. The highest BCUT2D eigenvalue weighted by Crippen LogP contribution is 2.26. The molecule has 0 saturated carbocycles. The summed E-state index contributed by atoms with van der Waals surface area (Å²) in [6.45, 7) is 6.11. The van der Waals surface area contributed by atoms with E-state index in [1.165, 1.54) is 12.1 Å². The molecular weight excluding hydrogens is 435 g/mol. The number of rotatable bonds is 8. The second-order valence-corrected chi connectivity index (χ2v) is 8.66. The first-order valence-electron chi connectivity index (χ1n) is 10.6. The van der Waals surface area contributed by atoms with Crippen molar-refractivity contribution >= 4 is 23.5 Å². The summed E-state index contributed by atoms with van der Waals surface area (Å²) < 4.78 is 18.8. The van der Waals surface area contributed by atoms with Crippen LogP contribution in [0.1, 0.15) is 31.4 Å². The van der Waals surface area contributed by atoms with Crippen LogP contribution in [0.5, 0.6) is 5.75 Å². The van der Waals surface area contributed by atoms with Gasteiger partial charge in [-0.2, -0.15) is 0 Å². The third-order valence-electron chi connectivity index (χ3n) is 5.68. The van der Waals surface area contributed by atoms with Gasteiger partial charge in [0.25, 0.3) is 0 Å². The molecule has 32 heavy (non-hydrogen) atoms. The summed E-state index contributed by atoms with van der Waals surface area (Å²) in [5.41, 5.74) is 1.72. The molecule has 172 valence electrons. The standard InChI is InChI=1S/C24H28ClFN2O4/c1-16-14-28(17(2)13-27(16)15-18-3-7-21(26)8-4-18)23(29)11-19-5-6-20(25)12-22(19)32-10-9-24(30)31/h3-8,12,16-17H,9-11,13-15H2,1-2H3,(H,30,31). The molecule has 1 aliphatic heterocycles. The van der Waals surface area contributed by atoms with Crippen LogP contribution >= 0.6 is 11.6 Å². The second kappa shape index (κ2) is 10.8. The first-order chi connectivity index (χ1) is 15.2. The first-order valence-corrected chi connectivity index (χ1v) is 11.0. The maximum atomic E-state index is 13.2. The molecule has 1 aliphatic rings. The minimum absolute atomic E-state index is 0.00631. The summed E-state index contributed by atoms with van der Waals surface area (Å²) in [5.74, 6) is -0.788. The summed E-state index contributed by atoms with van der Waals surface area (Å²) in [6.07, 6.45) is 0.0130. The number of carbonyl (C=O) groups is 2. The van der Waals surface area contributed by atoms with Gasteiger partial charge in [0.1, 0.15) is 11.6 Å². The summed E-state index contributed by atoms with van der Waals surface area (Å²) in [6, 6.07) is 11.7. The van der Waals surface area contributed by atoms with E-state index < -0.39 is 5.97 Å². The highest BCUT2D eigenvalue weighted by atomic mass is 35.5. The number of hydrogen-bond acceptors (Lipinski definition) is 4. The lowest BCUT2D eigenvalue weighted by Gasteiger charge is -2.44. The molecule has 3 rings (SSSR count). The highest BCUT2D eigenvalue weighted by Gasteiger charge is 2.32. The van der Waals surface area contributed by atoms with Gasteiger partial charge in [-0.15, -0.1) is 0 Å². The fourth-order valence-electron chi connectivity index (χ4n) is 3.91. The number of halogens is 2. The summed E-state index contributed by atoms with van der Waals surface area (Å²) in [4.78, 5) is 28.1. The minimum atomic E-state index is -0.953. The number of aliphatic carboxylic acids is 1. The van der Waals surface area contributed by atoms with Crippen LogP contribution in [0.4, 0.5) is 4.39 Å². The Labute approximate surface area is 192 Å². The van der Waals surface area contributed by atoms with Gasteiger partial charge in [0.05, 0.1) is 19.4 Å². The molecule has 1 amide bonds. The van der Waals surface area contributed by atoms with E-state index in [2.05, 4.69) is 11.8 Å². The van der Waals surface area contributed by atoms with Gasteiger partial charge >= 0.3 is 5.97 Å². The van der Waals surface area contributed by atoms with E-state index in [4.69, 9.17) is 21.4 Å². The Kier molecular flexibility index (Phi) is 8.10. The lowest BCUT2D eigenvalue weighted by molar-refractivity contribution is -0.138. The summed E-state index contributed by atoms with van der Waals surface area (Å²) in [5, 5.41) is 9.29. The van der Waals surface area contributed by atoms with Crippen LogP contribution in [0.15, 0.2) is 42.5 Å². The van der Waals surface area contributed by atoms with Crippen molar-refractivity contribution in [1.29, 1.82) is 0 Å². The number of benzene rings is 2. The molecule has 0 bridgehead atoms. The van der Waals surface area contributed by atoms with E-state index >= 15 is 0 Å². The molecule has 6 nitrogen and oxygen atoms in total. The molecule has 0 radical (unpaired) electrons. The predicted octanol–water partition coefficient (Wildman–Crippen LogP) is 4.00. The fourth-order valence-corrected chi connectivity index (χ4v) is 4.07. The van der Waals surface area contributed by atoms with E-state index in [1.54, 1.807) is 30.3 Å². The summed E-state index contributed by atoms with van der Waals surface area (Å²) >= 11 is 6.06. The van der Waals surface area contributed by atoms with Gasteiger partial charge in [-0.1, -0.05) is 29.8 Å². The Bertz CT molecular complexity index is 954. The Hall–Kier alpha value is -2.64. The lowest BCUT2D eigenvalue weighted by atomic mass is 10.0. The number of piperazine rings is 1. The maximum absolute atomic E-state index is 13.2. The fraction of sp³-hybridized carbons (Fsp3) is 0.417. The predicted molar refractivity (Wildman–Crippen MR) is 120 cm³/mol. The topological polar surface area (TPSA) is 70.1 Å². The van der Waals surface area contributed by atoms with Crippen LogP contribution in [-0.2, 0) is 22.6 Å². The van der Waals surface area contributed by atoms with Crippen LogP contribution in [0.3, 0.4) is 0 Å². The Balaban J connectivity index is 1.63. The van der Waals surface area contributed by atoms with Crippen molar-refractivity contribution in [3.63, 3.8) is 0 Å². The zero-order valence-corrected chi connectivity index (χ0v) is 19.0. The largest absolute Gasteiger partial charge is 0.493 e. The Morgan fingerprint density at radius 1 is 1.12 bits per heavy atom. The molecule has 2 unspecified atom stereocenters. The van der Waals surface area contributed by atoms with Crippen molar-refractivity contribution in [2.24, 2.45) is 0 Å². The molecule has 2 aromatic rings. The Morgan fingerprint density at radius 2 is 1.84 bits per heavy atom. The van der Waals surface area contributed by atoms with Crippen molar-refractivity contribution < 1.29 is 23.8 Å². The van der Waals surface area contributed by atoms with Gasteiger partial charge in [0, 0.05) is 42.3 Å². The van der Waals surface area contributed by atoms with Gasteiger partial charge in [-0.3, -0.25) is 14.5 Å². The Morgan fingerprint density at radius 3 is 2.53 bits per heavy atom. The molecule has 2 atom stereocenters. The van der Waals surface area contributed by atoms with Gasteiger partial charge in [-0.05, 0) is 43.7 Å². The lowest BCUT2D eigenvalue weighted by Crippen LogP contribution is -2.57. The average molecular weight is 463 g/mol. The van der Waals surface area contributed by atoms with Gasteiger partial charge in [0.2, 0.25) is 5.91 Å². The SMILES string of the molecule is CC1CN(C(=O)Cc2ccc(Cl)cc2OCCC(=O)O)C(C)CN1Cc1ccc(F)cc1. The van der Waals surface area contributed by atoms with Crippen molar-refractivity contribution in [1.82, 2.24) is 9.80 Å². The molecule has 1 saturated heterocycles. The molecule has 8 heteroatoms. The number of carbonyl (C=O) groups excluding carboxylic acids is 1. The molecular formula is C24H28ClFN2O4. The van der Waals surface area contributed by atoms with Crippen molar-refractivity contribution in [3.05, 3.63) is 64.4 Å². The van der Waals surface area contributed by atoms with E-state index in [0.717, 1.165) is 5.56 Å². The number of nitrogens with zero attached hydrogens (tertiary/aromatic N) is 2. The average Bonchev–Trinajstić information content (AvgIpc) is 2.73. The number of amides is 1. The zero-order valence-electron chi connectivity index (χ0n) is 18.3. The molecule has 0 aromatic heterocycles. The van der Waals surface area contributed by atoms with Crippen molar-refractivity contribution in [3.8, 4) is 5.75 Å². The van der Waals surface area contributed by atoms with Gasteiger partial charge < -0.3 is 14.7 Å². The van der Waals surface area contributed by atoms with Crippen molar-refractivity contribution in [2.45, 2.75) is 45.3 Å². The zero-order chi connectivity index (χ0) is 23.3. The number of carboxylic acids is 1.